The fraction of sp³-hybridized carbons (Fsp3) is 0.667. The van der Waals surface area contributed by atoms with Gasteiger partial charge in [0, 0.05) is 25.0 Å². The first-order valence-corrected chi connectivity index (χ1v) is 8.75. The van der Waals surface area contributed by atoms with Crippen LogP contribution in [0, 0.1) is 5.92 Å². The molecule has 5 nitrogen and oxygen atoms in total. The number of piperidine rings is 1. The van der Waals surface area contributed by atoms with Crippen molar-refractivity contribution >= 4 is 11.8 Å². The number of amides is 2. The van der Waals surface area contributed by atoms with E-state index >= 15 is 0 Å². The summed E-state index contributed by atoms with van der Waals surface area (Å²) in [4.78, 5) is 26.3. The summed E-state index contributed by atoms with van der Waals surface area (Å²) in [5, 5.41) is 3.12. The van der Waals surface area contributed by atoms with Gasteiger partial charge in [-0.15, -0.1) is 0 Å². The van der Waals surface area contributed by atoms with Gasteiger partial charge in [-0.25, -0.2) is 0 Å². The molecule has 0 spiro atoms. The van der Waals surface area contributed by atoms with Crippen LogP contribution in [-0.2, 0) is 4.79 Å². The van der Waals surface area contributed by atoms with E-state index in [1.807, 2.05) is 0 Å². The van der Waals surface area contributed by atoms with Crippen molar-refractivity contribution in [3.63, 3.8) is 0 Å². The third kappa shape index (κ3) is 5.12. The van der Waals surface area contributed by atoms with Crippen molar-refractivity contribution in [3.8, 4) is 0 Å². The van der Waals surface area contributed by atoms with E-state index in [1.165, 1.54) is 19.1 Å². The largest absolute Gasteiger partial charge is 0.459 e. The van der Waals surface area contributed by atoms with Crippen LogP contribution in [0.5, 0.6) is 0 Å². The van der Waals surface area contributed by atoms with Crippen LogP contribution in [0.4, 0.5) is 0 Å². The number of hydrogen-bond acceptors (Lipinski definition) is 3. The molecule has 2 rings (SSSR count). The van der Waals surface area contributed by atoms with Gasteiger partial charge in [-0.05, 0) is 38.3 Å². The fourth-order valence-electron chi connectivity index (χ4n) is 3.03. The van der Waals surface area contributed by atoms with Crippen LogP contribution >= 0.6 is 0 Å². The lowest BCUT2D eigenvalue weighted by Gasteiger charge is -2.31. The zero-order valence-corrected chi connectivity index (χ0v) is 14.2. The maximum absolute atomic E-state index is 12.3. The summed E-state index contributed by atoms with van der Waals surface area (Å²) >= 11 is 0. The number of hydrogen-bond donors (Lipinski definition) is 1. The molecule has 1 aliphatic heterocycles. The highest BCUT2D eigenvalue weighted by atomic mass is 16.3. The van der Waals surface area contributed by atoms with E-state index in [9.17, 15) is 9.59 Å². The van der Waals surface area contributed by atoms with Crippen molar-refractivity contribution in [2.24, 2.45) is 5.92 Å². The van der Waals surface area contributed by atoms with Gasteiger partial charge < -0.3 is 14.6 Å². The van der Waals surface area contributed by atoms with E-state index in [0.717, 1.165) is 25.7 Å². The van der Waals surface area contributed by atoms with Crippen molar-refractivity contribution < 1.29 is 14.0 Å². The van der Waals surface area contributed by atoms with Gasteiger partial charge in [-0.2, -0.15) is 0 Å². The average Bonchev–Trinajstić information content (AvgIpc) is 3.09. The van der Waals surface area contributed by atoms with E-state index in [0.29, 0.717) is 18.8 Å². The Hall–Kier alpha value is -1.78. The van der Waals surface area contributed by atoms with Crippen LogP contribution in [0.3, 0.4) is 0 Å². The number of rotatable bonds is 7. The third-order valence-corrected chi connectivity index (χ3v) is 4.51. The molecule has 1 aromatic rings. The Morgan fingerprint density at radius 2 is 2.09 bits per heavy atom. The Morgan fingerprint density at radius 1 is 1.35 bits per heavy atom. The minimum absolute atomic E-state index is 0.0178. The van der Waals surface area contributed by atoms with Crippen molar-refractivity contribution in [3.05, 3.63) is 24.2 Å². The number of carbonyl (C=O) groups excluding carboxylic acids is 2. The van der Waals surface area contributed by atoms with Crippen molar-refractivity contribution in [2.45, 2.75) is 58.4 Å². The summed E-state index contributed by atoms with van der Waals surface area (Å²) in [6.45, 7) is 5.48. The lowest BCUT2D eigenvalue weighted by molar-refractivity contribution is -0.126. The van der Waals surface area contributed by atoms with E-state index in [-0.39, 0.29) is 23.8 Å². The Bertz CT molecular complexity index is 490. The van der Waals surface area contributed by atoms with Crippen LogP contribution in [-0.4, -0.2) is 35.8 Å². The minimum Gasteiger partial charge on any atom is -0.459 e. The topological polar surface area (TPSA) is 62.6 Å². The van der Waals surface area contributed by atoms with Crippen molar-refractivity contribution in [1.29, 1.82) is 0 Å². The molecular formula is C18H28N2O3. The van der Waals surface area contributed by atoms with Crippen LogP contribution < -0.4 is 5.32 Å². The number of unbranched alkanes of at least 4 members (excludes halogenated alkanes) is 2. The zero-order valence-electron chi connectivity index (χ0n) is 14.2. The summed E-state index contributed by atoms with van der Waals surface area (Å²) in [5.41, 5.74) is 0. The number of likely N-dealkylation sites (tertiary alicyclic amines) is 1. The lowest BCUT2D eigenvalue weighted by atomic mass is 9.95. The van der Waals surface area contributed by atoms with Crippen LogP contribution in [0.1, 0.15) is 62.9 Å². The van der Waals surface area contributed by atoms with Gasteiger partial charge in [-0.1, -0.05) is 26.2 Å². The Kier molecular flexibility index (Phi) is 6.68. The molecule has 2 amide bonds. The first kappa shape index (κ1) is 17.6. The summed E-state index contributed by atoms with van der Waals surface area (Å²) in [5.74, 6) is 0.447. The van der Waals surface area contributed by atoms with E-state index in [4.69, 9.17) is 4.42 Å². The van der Waals surface area contributed by atoms with E-state index < -0.39 is 0 Å². The first-order chi connectivity index (χ1) is 11.1. The molecule has 1 fully saturated rings. The number of nitrogens with one attached hydrogen (secondary N) is 1. The monoisotopic (exact) mass is 320 g/mol. The molecule has 1 atom stereocenters. The van der Waals surface area contributed by atoms with Gasteiger partial charge in [0.05, 0.1) is 6.26 Å². The second-order valence-electron chi connectivity index (χ2n) is 6.45. The summed E-state index contributed by atoms with van der Waals surface area (Å²) < 4.78 is 5.15. The highest BCUT2D eigenvalue weighted by Crippen LogP contribution is 2.20. The van der Waals surface area contributed by atoms with Gasteiger partial charge >= 0.3 is 0 Å². The lowest BCUT2D eigenvalue weighted by Crippen LogP contribution is -2.44. The van der Waals surface area contributed by atoms with Crippen LogP contribution in [0.25, 0.3) is 0 Å². The minimum atomic E-state index is -0.0817. The highest BCUT2D eigenvalue weighted by Gasteiger charge is 2.29. The van der Waals surface area contributed by atoms with Crippen LogP contribution in [0.2, 0.25) is 0 Å². The molecule has 0 bridgehead atoms. The van der Waals surface area contributed by atoms with Crippen molar-refractivity contribution in [1.82, 2.24) is 10.2 Å². The summed E-state index contributed by atoms with van der Waals surface area (Å²) in [6, 6.07) is 3.63. The molecule has 128 valence electrons. The standard InChI is InChI=1S/C18H28N2O3/c1-3-4-5-7-14(2)19-17(21)15-9-11-20(12-10-15)18(22)16-8-6-13-23-16/h6,8,13-15H,3-5,7,9-12H2,1-2H3,(H,19,21). The predicted molar refractivity (Wildman–Crippen MR) is 89.1 cm³/mol. The molecule has 0 saturated carbocycles. The second kappa shape index (κ2) is 8.75. The molecule has 1 aromatic heterocycles. The van der Waals surface area contributed by atoms with Gasteiger partial charge in [0.15, 0.2) is 5.76 Å². The molecule has 1 unspecified atom stereocenters. The van der Waals surface area contributed by atoms with E-state index in [1.54, 1.807) is 17.0 Å². The Morgan fingerprint density at radius 3 is 2.70 bits per heavy atom. The maximum atomic E-state index is 12.3. The second-order valence-corrected chi connectivity index (χ2v) is 6.45. The Labute approximate surface area is 138 Å². The SMILES string of the molecule is CCCCCC(C)NC(=O)C1CCN(C(=O)c2ccco2)CC1. The molecule has 1 saturated heterocycles. The van der Waals surface area contributed by atoms with Gasteiger partial charge in [0.2, 0.25) is 5.91 Å². The van der Waals surface area contributed by atoms with Gasteiger partial charge in [0.25, 0.3) is 5.91 Å². The number of furan rings is 1. The molecule has 1 aliphatic rings. The first-order valence-electron chi connectivity index (χ1n) is 8.75. The summed E-state index contributed by atoms with van der Waals surface area (Å²) in [6.07, 6.45) is 7.56. The molecule has 0 radical (unpaired) electrons. The average molecular weight is 320 g/mol. The number of nitrogens with zero attached hydrogens (tertiary/aromatic N) is 1. The quantitative estimate of drug-likeness (QED) is 0.785. The molecule has 0 aromatic carbocycles. The molecule has 5 heteroatoms. The van der Waals surface area contributed by atoms with Gasteiger partial charge in [-0.3, -0.25) is 9.59 Å². The van der Waals surface area contributed by atoms with Gasteiger partial charge in [0.1, 0.15) is 0 Å². The molecule has 1 N–H and O–H groups in total. The van der Waals surface area contributed by atoms with Crippen molar-refractivity contribution in [2.75, 3.05) is 13.1 Å². The molecule has 23 heavy (non-hydrogen) atoms. The van der Waals surface area contributed by atoms with E-state index in [2.05, 4.69) is 19.2 Å². The predicted octanol–water partition coefficient (Wildman–Crippen LogP) is 3.22. The normalized spacial score (nSPS) is 17.0. The number of carbonyl (C=O) groups is 2. The highest BCUT2D eigenvalue weighted by molar-refractivity contribution is 5.91. The van der Waals surface area contributed by atoms with Crippen LogP contribution in [0.15, 0.2) is 22.8 Å². The summed E-state index contributed by atoms with van der Waals surface area (Å²) in [7, 11) is 0. The molecule has 0 aliphatic carbocycles. The fourth-order valence-corrected chi connectivity index (χ4v) is 3.03. The smallest absolute Gasteiger partial charge is 0.289 e. The third-order valence-electron chi connectivity index (χ3n) is 4.51. The maximum Gasteiger partial charge on any atom is 0.289 e. The zero-order chi connectivity index (χ0) is 16.7. The molecular weight excluding hydrogens is 292 g/mol. The molecule has 2 heterocycles. The Balaban J connectivity index is 1.73.